The number of allylic oxidation sites excluding steroid dienone is 1. The van der Waals surface area contributed by atoms with Crippen LogP contribution < -0.4 is 0 Å². The Hall–Kier alpha value is 0.440. The van der Waals surface area contributed by atoms with Crippen molar-refractivity contribution in [3.63, 3.8) is 0 Å². The molecule has 94 valence electrons. The van der Waals surface area contributed by atoms with Gasteiger partial charge in [0, 0.05) is 0 Å². The van der Waals surface area contributed by atoms with Gasteiger partial charge in [0.1, 0.15) is 0 Å². The Bertz CT molecular complexity index is 247. The predicted octanol–water partition coefficient (Wildman–Crippen LogP) is 5.20. The average molecular weight is 258 g/mol. The molecule has 1 fully saturated rings. The normalized spacial score (nSPS) is 22.6. The molecule has 1 saturated heterocycles. The molecule has 0 atom stereocenters. The third-order valence-electron chi connectivity index (χ3n) is 2.77. The van der Waals surface area contributed by atoms with Crippen LogP contribution in [0.1, 0.15) is 48.0 Å². The molecule has 0 amide bonds. The maximum absolute atomic E-state index is 2.47. The lowest BCUT2D eigenvalue weighted by atomic mass is 9.88. The van der Waals surface area contributed by atoms with Crippen LogP contribution in [0.2, 0.25) is 0 Å². The molecule has 0 saturated carbocycles. The molecule has 0 aromatic rings. The Balaban J connectivity index is 2.92. The molecular formula is C14H26S2. The van der Waals surface area contributed by atoms with Crippen molar-refractivity contribution in [2.45, 2.75) is 52.0 Å². The lowest BCUT2D eigenvalue weighted by molar-refractivity contribution is 0.404. The van der Waals surface area contributed by atoms with Crippen molar-refractivity contribution >= 4 is 23.5 Å². The largest absolute Gasteiger partial charge is 0.139 e. The van der Waals surface area contributed by atoms with E-state index in [0.29, 0.717) is 5.41 Å². The highest BCUT2D eigenvalue weighted by molar-refractivity contribution is 8.19. The van der Waals surface area contributed by atoms with Gasteiger partial charge in [-0.2, -0.15) is 0 Å². The lowest BCUT2D eigenvalue weighted by Crippen LogP contribution is -2.37. The van der Waals surface area contributed by atoms with Gasteiger partial charge in [-0.3, -0.25) is 0 Å². The zero-order valence-corrected chi connectivity index (χ0v) is 13.2. The summed E-state index contributed by atoms with van der Waals surface area (Å²) >= 11 is 4.27. The standard InChI is InChI=1S/C14H26S2/c1-12(2,3)8-9-14(13(4,5)6)15-10-7-11-16-14/h8-9H,7,10-11H2,1-6H3. The first-order valence-corrected chi connectivity index (χ1v) is 8.12. The highest BCUT2D eigenvalue weighted by atomic mass is 32.2. The van der Waals surface area contributed by atoms with E-state index in [1.54, 1.807) is 0 Å². The van der Waals surface area contributed by atoms with Gasteiger partial charge in [-0.1, -0.05) is 53.7 Å². The van der Waals surface area contributed by atoms with Crippen molar-refractivity contribution in [1.29, 1.82) is 0 Å². The first kappa shape index (κ1) is 14.5. The van der Waals surface area contributed by atoms with Gasteiger partial charge in [-0.25, -0.2) is 0 Å². The monoisotopic (exact) mass is 258 g/mol. The van der Waals surface area contributed by atoms with Crippen LogP contribution >= 0.6 is 23.5 Å². The van der Waals surface area contributed by atoms with E-state index >= 15 is 0 Å². The molecule has 0 aliphatic carbocycles. The van der Waals surface area contributed by atoms with Crippen LogP contribution in [0.25, 0.3) is 0 Å². The minimum absolute atomic E-state index is 0.276. The summed E-state index contributed by atoms with van der Waals surface area (Å²) in [6.45, 7) is 13.9. The van der Waals surface area contributed by atoms with Crippen LogP contribution in [-0.2, 0) is 0 Å². The second kappa shape index (κ2) is 4.97. The van der Waals surface area contributed by atoms with Gasteiger partial charge in [-0.05, 0) is 28.8 Å². The van der Waals surface area contributed by atoms with Gasteiger partial charge in [0.2, 0.25) is 0 Å². The fourth-order valence-electron chi connectivity index (χ4n) is 1.69. The third-order valence-corrected chi connectivity index (χ3v) is 6.82. The van der Waals surface area contributed by atoms with Crippen LogP contribution in [0.15, 0.2) is 12.2 Å². The molecule has 0 aromatic heterocycles. The topological polar surface area (TPSA) is 0 Å². The molecule has 1 aliphatic rings. The minimum Gasteiger partial charge on any atom is -0.139 e. The lowest BCUT2D eigenvalue weighted by Gasteiger charge is -2.44. The van der Waals surface area contributed by atoms with E-state index in [-0.39, 0.29) is 9.49 Å². The van der Waals surface area contributed by atoms with E-state index in [2.05, 4.69) is 77.2 Å². The average Bonchev–Trinajstić information content (AvgIpc) is 2.13. The Labute approximate surface area is 110 Å². The van der Waals surface area contributed by atoms with Gasteiger partial charge in [0.05, 0.1) is 4.08 Å². The van der Waals surface area contributed by atoms with E-state index in [4.69, 9.17) is 0 Å². The molecular weight excluding hydrogens is 232 g/mol. The van der Waals surface area contributed by atoms with Crippen LogP contribution in [0.4, 0.5) is 0 Å². The Morgan fingerprint density at radius 2 is 1.44 bits per heavy atom. The maximum Gasteiger partial charge on any atom is 0.0839 e. The second-order valence-electron chi connectivity index (χ2n) is 6.67. The molecule has 0 aromatic carbocycles. The van der Waals surface area contributed by atoms with Crippen molar-refractivity contribution in [1.82, 2.24) is 0 Å². The van der Waals surface area contributed by atoms with Crippen molar-refractivity contribution in [3.05, 3.63) is 12.2 Å². The van der Waals surface area contributed by atoms with Crippen molar-refractivity contribution in [2.24, 2.45) is 10.8 Å². The quantitative estimate of drug-likeness (QED) is 0.593. The number of rotatable bonds is 1. The summed E-state index contributed by atoms with van der Waals surface area (Å²) in [6, 6.07) is 0. The van der Waals surface area contributed by atoms with Crippen LogP contribution in [-0.4, -0.2) is 15.6 Å². The van der Waals surface area contributed by atoms with Crippen molar-refractivity contribution < 1.29 is 0 Å². The smallest absolute Gasteiger partial charge is 0.0839 e. The van der Waals surface area contributed by atoms with E-state index in [9.17, 15) is 0 Å². The first-order chi connectivity index (χ1) is 7.16. The second-order valence-corrected chi connectivity index (χ2v) is 9.61. The Kier molecular flexibility index (Phi) is 4.51. The highest BCUT2D eigenvalue weighted by Gasteiger charge is 2.42. The van der Waals surface area contributed by atoms with Crippen LogP contribution in [0.3, 0.4) is 0 Å². The van der Waals surface area contributed by atoms with Crippen molar-refractivity contribution in [3.8, 4) is 0 Å². The molecule has 1 rings (SSSR count). The van der Waals surface area contributed by atoms with Crippen LogP contribution in [0.5, 0.6) is 0 Å². The summed E-state index contributed by atoms with van der Waals surface area (Å²) in [6.07, 6.45) is 6.22. The summed E-state index contributed by atoms with van der Waals surface area (Å²) < 4.78 is 0.276. The molecule has 0 unspecified atom stereocenters. The third kappa shape index (κ3) is 3.73. The van der Waals surface area contributed by atoms with E-state index in [0.717, 1.165) is 0 Å². The minimum atomic E-state index is 0.276. The number of thioether (sulfide) groups is 2. The van der Waals surface area contributed by atoms with Crippen molar-refractivity contribution in [2.75, 3.05) is 11.5 Å². The Morgan fingerprint density at radius 3 is 1.81 bits per heavy atom. The summed E-state index contributed by atoms with van der Waals surface area (Å²) in [5.41, 5.74) is 0.612. The molecule has 1 heterocycles. The number of hydrogen-bond donors (Lipinski definition) is 0. The molecule has 0 nitrogen and oxygen atoms in total. The van der Waals surface area contributed by atoms with Gasteiger partial charge in [0.25, 0.3) is 0 Å². The molecule has 0 bridgehead atoms. The molecule has 1 aliphatic heterocycles. The molecule has 16 heavy (non-hydrogen) atoms. The van der Waals surface area contributed by atoms with Gasteiger partial charge >= 0.3 is 0 Å². The molecule has 2 heteroatoms. The van der Waals surface area contributed by atoms with Gasteiger partial charge < -0.3 is 0 Å². The Morgan fingerprint density at radius 1 is 0.938 bits per heavy atom. The fourth-order valence-corrected chi connectivity index (χ4v) is 5.08. The predicted molar refractivity (Wildman–Crippen MR) is 80.3 cm³/mol. The van der Waals surface area contributed by atoms with Crippen LogP contribution in [0, 0.1) is 10.8 Å². The molecule has 0 spiro atoms. The summed E-state index contributed by atoms with van der Waals surface area (Å²) in [4.78, 5) is 0. The van der Waals surface area contributed by atoms with E-state index in [1.165, 1.54) is 17.9 Å². The summed E-state index contributed by atoms with van der Waals surface area (Å²) in [7, 11) is 0. The molecule has 0 radical (unpaired) electrons. The molecule has 0 N–H and O–H groups in total. The van der Waals surface area contributed by atoms with Gasteiger partial charge in [0.15, 0.2) is 0 Å². The first-order valence-electron chi connectivity index (χ1n) is 6.15. The fraction of sp³-hybridized carbons (Fsp3) is 0.857. The zero-order valence-electron chi connectivity index (χ0n) is 11.6. The van der Waals surface area contributed by atoms with E-state index in [1.807, 2.05) is 0 Å². The summed E-state index contributed by atoms with van der Waals surface area (Å²) in [5, 5.41) is 0. The summed E-state index contributed by atoms with van der Waals surface area (Å²) in [5.74, 6) is 2.61. The van der Waals surface area contributed by atoms with Gasteiger partial charge in [-0.15, -0.1) is 23.5 Å². The maximum atomic E-state index is 2.47. The van der Waals surface area contributed by atoms with E-state index < -0.39 is 0 Å². The SMILES string of the molecule is CC(C)(C)C=CC1(C(C)(C)C)SCCCS1. The number of hydrogen-bond acceptors (Lipinski definition) is 2. The zero-order chi connectivity index (χ0) is 12.4. The highest BCUT2D eigenvalue weighted by Crippen LogP contribution is 2.54.